The molecule has 6 heteroatoms. The summed E-state index contributed by atoms with van der Waals surface area (Å²) >= 11 is 1.75. The third-order valence-electron chi connectivity index (χ3n) is 2.93. The lowest BCUT2D eigenvalue weighted by Crippen LogP contribution is -3.00. The lowest BCUT2D eigenvalue weighted by atomic mass is 10.1. The Kier molecular flexibility index (Phi) is 7.36. The summed E-state index contributed by atoms with van der Waals surface area (Å²) in [5, 5.41) is 5.48. The highest BCUT2D eigenvalue weighted by molar-refractivity contribution is 7.09. The molecule has 1 aromatic carbocycles. The van der Waals surface area contributed by atoms with Crippen molar-refractivity contribution in [2.45, 2.75) is 13.1 Å². The molecular weight excluding hydrogens is 310 g/mol. The topological polar surface area (TPSA) is 39.7 Å². The first-order chi connectivity index (χ1) is 9.78. The minimum Gasteiger partial charge on any atom is -1.00 e. The number of halogens is 1. The molecule has 1 heterocycles. The third-order valence-corrected chi connectivity index (χ3v) is 3.81. The van der Waals surface area contributed by atoms with Crippen LogP contribution in [-0.2, 0) is 13.1 Å². The Morgan fingerprint density at radius 1 is 1.00 bits per heavy atom. The van der Waals surface area contributed by atoms with Crippen LogP contribution in [-0.4, -0.2) is 21.3 Å². The smallest absolute Gasteiger partial charge is 0.203 e. The Labute approximate surface area is 135 Å². The number of nitrogens with one attached hydrogen (secondary N) is 1. The first kappa shape index (κ1) is 17.6. The number of rotatable bonds is 7. The predicted octanol–water partition coefficient (Wildman–Crippen LogP) is 0.0677. The van der Waals surface area contributed by atoms with Gasteiger partial charge in [0.05, 0.1) is 21.3 Å². The Morgan fingerprint density at radius 3 is 2.14 bits per heavy atom. The molecule has 2 aromatic rings. The van der Waals surface area contributed by atoms with E-state index in [1.165, 1.54) is 4.88 Å². The van der Waals surface area contributed by atoms with Gasteiger partial charge in [-0.2, -0.15) is 0 Å². The van der Waals surface area contributed by atoms with E-state index in [1.54, 1.807) is 32.7 Å². The molecule has 116 valence electrons. The van der Waals surface area contributed by atoms with Crippen molar-refractivity contribution in [1.82, 2.24) is 5.32 Å². The second kappa shape index (κ2) is 8.77. The molecule has 0 saturated heterocycles. The molecule has 0 amide bonds. The SMILES string of the molecule is COc1cc(CNCc2cccs2)cc(OC)c1OC.[Cl-]. The van der Waals surface area contributed by atoms with Crippen LogP contribution in [0, 0.1) is 0 Å². The van der Waals surface area contributed by atoms with Crippen LogP contribution >= 0.6 is 11.3 Å². The Bertz CT molecular complexity index is 521. The Morgan fingerprint density at radius 2 is 1.67 bits per heavy atom. The fourth-order valence-corrected chi connectivity index (χ4v) is 2.66. The first-order valence-electron chi connectivity index (χ1n) is 6.30. The van der Waals surface area contributed by atoms with Crippen molar-refractivity contribution in [2.24, 2.45) is 0 Å². The van der Waals surface area contributed by atoms with E-state index in [0.717, 1.165) is 18.7 Å². The normalized spacial score (nSPS) is 9.86. The average molecular weight is 329 g/mol. The summed E-state index contributed by atoms with van der Waals surface area (Å²) in [6, 6.07) is 8.10. The Hall–Kier alpha value is -1.43. The second-order valence-corrected chi connectivity index (χ2v) is 5.25. The van der Waals surface area contributed by atoms with Crippen molar-refractivity contribution in [2.75, 3.05) is 21.3 Å². The van der Waals surface area contributed by atoms with Gasteiger partial charge in [-0.15, -0.1) is 11.3 Å². The molecule has 1 N–H and O–H groups in total. The van der Waals surface area contributed by atoms with Gasteiger partial charge < -0.3 is 31.9 Å². The van der Waals surface area contributed by atoms with Crippen molar-refractivity contribution in [1.29, 1.82) is 0 Å². The van der Waals surface area contributed by atoms with Crippen LogP contribution in [0.2, 0.25) is 0 Å². The number of hydrogen-bond acceptors (Lipinski definition) is 5. The quantitative estimate of drug-likeness (QED) is 0.781. The minimum atomic E-state index is 0. The van der Waals surface area contributed by atoms with Gasteiger partial charge in [0.25, 0.3) is 0 Å². The van der Waals surface area contributed by atoms with Crippen LogP contribution in [0.5, 0.6) is 17.2 Å². The van der Waals surface area contributed by atoms with Gasteiger partial charge in [0, 0.05) is 18.0 Å². The largest absolute Gasteiger partial charge is 1.00 e. The zero-order valence-corrected chi connectivity index (χ0v) is 13.9. The van der Waals surface area contributed by atoms with Crippen LogP contribution in [0.1, 0.15) is 10.4 Å². The van der Waals surface area contributed by atoms with Crippen molar-refractivity contribution < 1.29 is 26.6 Å². The van der Waals surface area contributed by atoms with Crippen LogP contribution in [0.15, 0.2) is 29.6 Å². The van der Waals surface area contributed by atoms with Gasteiger partial charge in [-0.1, -0.05) is 6.07 Å². The van der Waals surface area contributed by atoms with Crippen LogP contribution in [0.4, 0.5) is 0 Å². The van der Waals surface area contributed by atoms with Crippen LogP contribution in [0.3, 0.4) is 0 Å². The summed E-state index contributed by atoms with van der Waals surface area (Å²) in [5.74, 6) is 1.98. The number of thiophene rings is 1. The molecule has 2 rings (SSSR count). The number of methoxy groups -OCH3 is 3. The molecule has 0 aliphatic rings. The molecule has 0 spiro atoms. The number of hydrogen-bond donors (Lipinski definition) is 1. The van der Waals surface area contributed by atoms with Crippen molar-refractivity contribution in [3.05, 3.63) is 40.1 Å². The average Bonchev–Trinajstić information content (AvgIpc) is 2.99. The molecule has 0 fully saturated rings. The molecule has 0 radical (unpaired) electrons. The van der Waals surface area contributed by atoms with Gasteiger partial charge in [-0.3, -0.25) is 0 Å². The summed E-state index contributed by atoms with van der Waals surface area (Å²) in [5.41, 5.74) is 1.09. The fraction of sp³-hybridized carbons (Fsp3) is 0.333. The maximum absolute atomic E-state index is 5.34. The highest BCUT2D eigenvalue weighted by Gasteiger charge is 2.12. The third kappa shape index (κ3) is 4.52. The van der Waals surface area contributed by atoms with Gasteiger partial charge in [0.15, 0.2) is 11.5 Å². The molecular formula is C15H19ClNO3S-. The molecule has 0 bridgehead atoms. The van der Waals surface area contributed by atoms with Crippen molar-refractivity contribution in [3.63, 3.8) is 0 Å². The van der Waals surface area contributed by atoms with Crippen LogP contribution in [0.25, 0.3) is 0 Å². The summed E-state index contributed by atoms with van der Waals surface area (Å²) in [7, 11) is 4.86. The van der Waals surface area contributed by atoms with Gasteiger partial charge in [0.1, 0.15) is 0 Å². The van der Waals surface area contributed by atoms with E-state index in [2.05, 4.69) is 22.8 Å². The maximum atomic E-state index is 5.34. The first-order valence-corrected chi connectivity index (χ1v) is 7.18. The van der Waals surface area contributed by atoms with Gasteiger partial charge in [-0.05, 0) is 29.1 Å². The van der Waals surface area contributed by atoms with Crippen LogP contribution < -0.4 is 31.9 Å². The summed E-state index contributed by atoms with van der Waals surface area (Å²) in [4.78, 5) is 1.32. The second-order valence-electron chi connectivity index (χ2n) is 4.22. The molecule has 1 aromatic heterocycles. The lowest BCUT2D eigenvalue weighted by molar-refractivity contribution is -0.00000485. The number of ether oxygens (including phenoxy) is 3. The van der Waals surface area contributed by atoms with Gasteiger partial charge >= 0.3 is 0 Å². The predicted molar refractivity (Wildman–Crippen MR) is 81.0 cm³/mol. The molecule has 0 saturated carbocycles. The van der Waals surface area contributed by atoms with Gasteiger partial charge in [-0.25, -0.2) is 0 Å². The maximum Gasteiger partial charge on any atom is 0.203 e. The zero-order valence-electron chi connectivity index (χ0n) is 12.3. The number of benzene rings is 1. The zero-order chi connectivity index (χ0) is 14.4. The highest BCUT2D eigenvalue weighted by Crippen LogP contribution is 2.38. The van der Waals surface area contributed by atoms with E-state index in [1.807, 2.05) is 12.1 Å². The van der Waals surface area contributed by atoms with E-state index < -0.39 is 0 Å². The Balaban J connectivity index is 0.00000220. The van der Waals surface area contributed by atoms with E-state index >= 15 is 0 Å². The van der Waals surface area contributed by atoms with E-state index in [0.29, 0.717) is 17.2 Å². The lowest BCUT2D eigenvalue weighted by Gasteiger charge is -2.14. The van der Waals surface area contributed by atoms with E-state index in [9.17, 15) is 0 Å². The van der Waals surface area contributed by atoms with Gasteiger partial charge in [0.2, 0.25) is 5.75 Å². The van der Waals surface area contributed by atoms with Crippen molar-refractivity contribution in [3.8, 4) is 17.2 Å². The molecule has 0 aliphatic carbocycles. The molecule has 0 unspecified atom stereocenters. The fourth-order valence-electron chi connectivity index (χ4n) is 1.98. The monoisotopic (exact) mass is 328 g/mol. The summed E-state index contributed by atoms with van der Waals surface area (Å²) in [6.45, 7) is 1.60. The molecule has 4 nitrogen and oxygen atoms in total. The molecule has 0 atom stereocenters. The van der Waals surface area contributed by atoms with E-state index in [4.69, 9.17) is 14.2 Å². The highest BCUT2D eigenvalue weighted by atomic mass is 35.5. The standard InChI is InChI=1S/C15H19NO3S.ClH/c1-17-13-7-11(8-14(18-2)15(13)19-3)9-16-10-12-5-4-6-20-12;/h4-8,16H,9-10H2,1-3H3;1H/p-1. The van der Waals surface area contributed by atoms with Crippen molar-refractivity contribution >= 4 is 11.3 Å². The minimum absolute atomic E-state index is 0. The van der Waals surface area contributed by atoms with E-state index in [-0.39, 0.29) is 12.4 Å². The molecule has 0 aliphatic heterocycles. The molecule has 21 heavy (non-hydrogen) atoms. The summed E-state index contributed by atoms with van der Waals surface area (Å²) < 4.78 is 16.0. The summed E-state index contributed by atoms with van der Waals surface area (Å²) in [6.07, 6.45) is 0.